The number of aromatic amines is 1. The molecule has 114 valence electrons. The first kappa shape index (κ1) is 14.7. The van der Waals surface area contributed by atoms with Gasteiger partial charge in [-0.15, -0.1) is 0 Å². The number of hydrogen-bond acceptors (Lipinski definition) is 2. The van der Waals surface area contributed by atoms with Gasteiger partial charge in [-0.25, -0.2) is 9.37 Å². The van der Waals surface area contributed by atoms with E-state index in [1.807, 2.05) is 18.2 Å². The first-order valence-electron chi connectivity index (χ1n) is 7.61. The molecule has 0 bridgehead atoms. The molecule has 3 nitrogen and oxygen atoms in total. The molecule has 1 heterocycles. The average molecular weight is 297 g/mol. The van der Waals surface area contributed by atoms with Gasteiger partial charge in [-0.3, -0.25) is 0 Å². The maximum atomic E-state index is 12.8. The minimum Gasteiger partial charge on any atom is -0.342 e. The Kier molecular flexibility index (Phi) is 4.49. The summed E-state index contributed by atoms with van der Waals surface area (Å²) in [6.45, 7) is 3.84. The zero-order valence-corrected chi connectivity index (χ0v) is 12.7. The topological polar surface area (TPSA) is 40.7 Å². The summed E-state index contributed by atoms with van der Waals surface area (Å²) in [5.41, 5.74) is 4.50. The quantitative estimate of drug-likeness (QED) is 0.685. The lowest BCUT2D eigenvalue weighted by Crippen LogP contribution is -2.20. The van der Waals surface area contributed by atoms with E-state index in [9.17, 15) is 4.39 Å². The van der Waals surface area contributed by atoms with E-state index in [-0.39, 0.29) is 5.82 Å². The molecule has 3 rings (SSSR count). The fourth-order valence-corrected chi connectivity index (χ4v) is 2.51. The molecule has 0 fully saturated rings. The van der Waals surface area contributed by atoms with Crippen LogP contribution in [0.2, 0.25) is 0 Å². The van der Waals surface area contributed by atoms with Gasteiger partial charge in [0.15, 0.2) is 0 Å². The number of rotatable bonds is 6. The third-order valence-electron chi connectivity index (χ3n) is 3.73. The van der Waals surface area contributed by atoms with E-state index in [0.29, 0.717) is 0 Å². The Morgan fingerprint density at radius 1 is 1.05 bits per heavy atom. The number of imidazole rings is 1. The summed E-state index contributed by atoms with van der Waals surface area (Å²) in [4.78, 5) is 7.94. The molecule has 3 aromatic rings. The Bertz CT molecular complexity index is 747. The van der Waals surface area contributed by atoms with Crippen molar-refractivity contribution in [2.45, 2.75) is 19.8 Å². The fraction of sp³-hybridized carbons (Fsp3) is 0.278. The predicted molar refractivity (Wildman–Crippen MR) is 87.5 cm³/mol. The number of H-pyrrole nitrogens is 1. The maximum Gasteiger partial charge on any atom is 0.123 e. The first-order chi connectivity index (χ1) is 10.7. The molecule has 0 spiro atoms. The monoisotopic (exact) mass is 297 g/mol. The molecule has 0 aliphatic carbocycles. The predicted octanol–water partition coefficient (Wildman–Crippen LogP) is 3.39. The molecular weight excluding hydrogens is 277 g/mol. The van der Waals surface area contributed by atoms with Crippen LogP contribution in [0.15, 0.2) is 42.5 Å². The molecule has 0 saturated carbocycles. The van der Waals surface area contributed by atoms with Gasteiger partial charge in [-0.2, -0.15) is 0 Å². The third-order valence-corrected chi connectivity index (χ3v) is 3.73. The van der Waals surface area contributed by atoms with Gasteiger partial charge < -0.3 is 10.3 Å². The minimum atomic E-state index is -0.183. The third kappa shape index (κ3) is 3.71. The van der Waals surface area contributed by atoms with Gasteiger partial charge in [0.2, 0.25) is 0 Å². The van der Waals surface area contributed by atoms with Crippen LogP contribution < -0.4 is 5.32 Å². The lowest BCUT2D eigenvalue weighted by Gasteiger charge is -2.03. The van der Waals surface area contributed by atoms with Crippen molar-refractivity contribution in [3.63, 3.8) is 0 Å². The Hall–Kier alpha value is -2.20. The van der Waals surface area contributed by atoms with Gasteiger partial charge in [0.05, 0.1) is 11.0 Å². The normalized spacial score (nSPS) is 11.2. The van der Waals surface area contributed by atoms with Crippen LogP contribution in [-0.4, -0.2) is 23.1 Å². The molecule has 0 unspecified atom stereocenters. The Morgan fingerprint density at radius 2 is 1.82 bits per heavy atom. The SMILES string of the molecule is Cc1ccc2nc(CCNCCc3ccc(F)cc3)[nH]c2c1. The lowest BCUT2D eigenvalue weighted by atomic mass is 10.1. The van der Waals surface area contributed by atoms with Crippen LogP contribution in [-0.2, 0) is 12.8 Å². The van der Waals surface area contributed by atoms with E-state index >= 15 is 0 Å². The van der Waals surface area contributed by atoms with Crippen molar-refractivity contribution in [3.8, 4) is 0 Å². The van der Waals surface area contributed by atoms with Crippen LogP contribution in [0.5, 0.6) is 0 Å². The largest absolute Gasteiger partial charge is 0.342 e. The molecule has 0 radical (unpaired) electrons. The number of hydrogen-bond donors (Lipinski definition) is 2. The fourth-order valence-electron chi connectivity index (χ4n) is 2.51. The van der Waals surface area contributed by atoms with E-state index in [1.165, 1.54) is 17.7 Å². The van der Waals surface area contributed by atoms with Crippen LogP contribution in [0.25, 0.3) is 11.0 Å². The minimum absolute atomic E-state index is 0.183. The Labute approximate surface area is 129 Å². The van der Waals surface area contributed by atoms with E-state index in [2.05, 4.69) is 34.3 Å². The zero-order chi connectivity index (χ0) is 15.4. The standard InChI is InChI=1S/C18H20FN3/c1-13-2-7-16-17(12-13)22-18(21-16)9-11-20-10-8-14-3-5-15(19)6-4-14/h2-7,12,20H,8-11H2,1H3,(H,21,22). The highest BCUT2D eigenvalue weighted by Crippen LogP contribution is 2.13. The number of aryl methyl sites for hydroxylation is 1. The highest BCUT2D eigenvalue weighted by Gasteiger charge is 2.02. The van der Waals surface area contributed by atoms with E-state index < -0.39 is 0 Å². The Morgan fingerprint density at radius 3 is 2.64 bits per heavy atom. The van der Waals surface area contributed by atoms with Crippen LogP contribution in [0.1, 0.15) is 17.0 Å². The van der Waals surface area contributed by atoms with Crippen molar-refractivity contribution >= 4 is 11.0 Å². The molecule has 4 heteroatoms. The van der Waals surface area contributed by atoms with Gasteiger partial charge >= 0.3 is 0 Å². The van der Waals surface area contributed by atoms with Crippen molar-refractivity contribution in [1.82, 2.24) is 15.3 Å². The van der Waals surface area contributed by atoms with Crippen molar-refractivity contribution < 1.29 is 4.39 Å². The summed E-state index contributed by atoms with van der Waals surface area (Å²) in [5.74, 6) is 0.826. The van der Waals surface area contributed by atoms with Crippen molar-refractivity contribution in [2.24, 2.45) is 0 Å². The highest BCUT2D eigenvalue weighted by molar-refractivity contribution is 5.75. The molecular formula is C18H20FN3. The molecule has 0 atom stereocenters. The van der Waals surface area contributed by atoms with Gasteiger partial charge in [0.1, 0.15) is 11.6 Å². The summed E-state index contributed by atoms with van der Waals surface area (Å²) in [6, 6.07) is 12.9. The summed E-state index contributed by atoms with van der Waals surface area (Å²) in [6.07, 6.45) is 1.77. The summed E-state index contributed by atoms with van der Waals surface area (Å²) in [5, 5.41) is 3.40. The second-order valence-electron chi connectivity index (χ2n) is 5.58. The van der Waals surface area contributed by atoms with Crippen molar-refractivity contribution in [2.75, 3.05) is 13.1 Å². The van der Waals surface area contributed by atoms with Crippen LogP contribution >= 0.6 is 0 Å². The van der Waals surface area contributed by atoms with Gasteiger partial charge in [-0.05, 0) is 55.3 Å². The maximum absolute atomic E-state index is 12.8. The summed E-state index contributed by atoms with van der Waals surface area (Å²) >= 11 is 0. The zero-order valence-electron chi connectivity index (χ0n) is 12.7. The lowest BCUT2D eigenvalue weighted by molar-refractivity contribution is 0.625. The van der Waals surface area contributed by atoms with Gasteiger partial charge in [0, 0.05) is 13.0 Å². The van der Waals surface area contributed by atoms with Gasteiger partial charge in [-0.1, -0.05) is 18.2 Å². The van der Waals surface area contributed by atoms with Crippen molar-refractivity contribution in [1.29, 1.82) is 0 Å². The molecule has 1 aromatic heterocycles. The molecule has 2 aromatic carbocycles. The molecule has 0 amide bonds. The second-order valence-corrected chi connectivity index (χ2v) is 5.58. The summed E-state index contributed by atoms with van der Waals surface area (Å²) in [7, 11) is 0. The van der Waals surface area contributed by atoms with Crippen LogP contribution in [0.4, 0.5) is 4.39 Å². The number of benzene rings is 2. The Balaban J connectivity index is 1.45. The smallest absolute Gasteiger partial charge is 0.123 e. The number of aromatic nitrogens is 2. The van der Waals surface area contributed by atoms with Gasteiger partial charge in [0.25, 0.3) is 0 Å². The molecule has 2 N–H and O–H groups in total. The van der Waals surface area contributed by atoms with Crippen molar-refractivity contribution in [3.05, 3.63) is 65.2 Å². The summed E-state index contributed by atoms with van der Waals surface area (Å²) < 4.78 is 12.8. The second kappa shape index (κ2) is 6.71. The number of nitrogens with zero attached hydrogens (tertiary/aromatic N) is 1. The number of halogens is 1. The van der Waals surface area contributed by atoms with E-state index in [0.717, 1.165) is 48.4 Å². The molecule has 0 aliphatic heterocycles. The first-order valence-corrected chi connectivity index (χ1v) is 7.61. The van der Waals surface area contributed by atoms with E-state index in [4.69, 9.17) is 0 Å². The van der Waals surface area contributed by atoms with Crippen LogP contribution in [0.3, 0.4) is 0 Å². The molecule has 0 saturated heterocycles. The average Bonchev–Trinajstić information content (AvgIpc) is 2.90. The number of nitrogens with one attached hydrogen (secondary N) is 2. The van der Waals surface area contributed by atoms with E-state index in [1.54, 1.807) is 0 Å². The van der Waals surface area contributed by atoms with Crippen LogP contribution in [0, 0.1) is 12.7 Å². The molecule has 22 heavy (non-hydrogen) atoms. The highest BCUT2D eigenvalue weighted by atomic mass is 19.1. The molecule has 0 aliphatic rings. The number of fused-ring (bicyclic) bond motifs is 1.